The van der Waals surface area contributed by atoms with Crippen LogP contribution < -0.4 is 4.90 Å². The zero-order valence-electron chi connectivity index (χ0n) is 12.0. The molecule has 20 heavy (non-hydrogen) atoms. The molecule has 0 aromatic heterocycles. The highest BCUT2D eigenvalue weighted by Gasteiger charge is 2.24. The molecule has 0 aliphatic carbocycles. The topological polar surface area (TPSA) is 43.8 Å². The minimum Gasteiger partial charge on any atom is -0.478 e. The first-order valence-electron chi connectivity index (χ1n) is 7.01. The predicted octanol–water partition coefficient (Wildman–Crippen LogP) is 3.07. The Hall–Kier alpha value is -1.07. The summed E-state index contributed by atoms with van der Waals surface area (Å²) < 4.78 is 0.799. The van der Waals surface area contributed by atoms with Gasteiger partial charge in [-0.25, -0.2) is 4.79 Å². The van der Waals surface area contributed by atoms with Crippen molar-refractivity contribution in [1.29, 1.82) is 0 Å². The molecular weight excluding hydrogens is 320 g/mol. The molecule has 2 rings (SSSR count). The van der Waals surface area contributed by atoms with Gasteiger partial charge < -0.3 is 14.9 Å². The lowest BCUT2D eigenvalue weighted by Gasteiger charge is -2.37. The Labute approximate surface area is 128 Å². The van der Waals surface area contributed by atoms with Crippen LogP contribution in [0.15, 0.2) is 22.7 Å². The molecule has 1 N–H and O–H groups in total. The number of rotatable bonds is 4. The Morgan fingerprint density at radius 2 is 2.10 bits per heavy atom. The fraction of sp³-hybridized carbons (Fsp3) is 0.533. The van der Waals surface area contributed by atoms with Gasteiger partial charge >= 0.3 is 5.97 Å². The Morgan fingerprint density at radius 3 is 2.65 bits per heavy atom. The number of benzene rings is 1. The highest BCUT2D eigenvalue weighted by atomic mass is 79.9. The maximum absolute atomic E-state index is 11.4. The first-order valence-corrected chi connectivity index (χ1v) is 7.80. The highest BCUT2D eigenvalue weighted by Crippen LogP contribution is 2.28. The summed E-state index contributed by atoms with van der Waals surface area (Å²) in [7, 11) is 2.00. The number of nitrogens with zero attached hydrogens (tertiary/aromatic N) is 2. The van der Waals surface area contributed by atoms with Crippen LogP contribution in [0.5, 0.6) is 0 Å². The summed E-state index contributed by atoms with van der Waals surface area (Å²) in [5.41, 5.74) is 1.16. The molecule has 1 fully saturated rings. The van der Waals surface area contributed by atoms with E-state index in [2.05, 4.69) is 32.7 Å². The molecule has 1 aliphatic heterocycles. The predicted molar refractivity (Wildman–Crippen MR) is 84.6 cm³/mol. The number of hydrogen-bond donors (Lipinski definition) is 1. The number of carboxylic acids is 1. The molecule has 0 saturated carbocycles. The number of carboxylic acid groups (broad SMARTS) is 1. The molecule has 0 atom stereocenters. The highest BCUT2D eigenvalue weighted by molar-refractivity contribution is 9.10. The van der Waals surface area contributed by atoms with Crippen LogP contribution >= 0.6 is 15.9 Å². The van der Waals surface area contributed by atoms with Gasteiger partial charge in [-0.15, -0.1) is 0 Å². The minimum atomic E-state index is -0.876. The van der Waals surface area contributed by atoms with Crippen LogP contribution in [0.1, 0.15) is 30.1 Å². The number of likely N-dealkylation sites (tertiary alicyclic amines) is 1. The van der Waals surface area contributed by atoms with Crippen molar-refractivity contribution in [2.45, 2.75) is 25.8 Å². The first-order chi connectivity index (χ1) is 9.52. The fourth-order valence-electron chi connectivity index (χ4n) is 2.81. The summed E-state index contributed by atoms with van der Waals surface area (Å²) >= 11 is 3.34. The van der Waals surface area contributed by atoms with Crippen molar-refractivity contribution in [2.75, 3.05) is 31.6 Å². The Bertz CT molecular complexity index is 485. The maximum atomic E-state index is 11.4. The number of hydrogen-bond acceptors (Lipinski definition) is 3. The van der Waals surface area contributed by atoms with Gasteiger partial charge in [0, 0.05) is 30.7 Å². The van der Waals surface area contributed by atoms with E-state index in [1.54, 1.807) is 6.07 Å². The second-order valence-corrected chi connectivity index (χ2v) is 6.16. The second-order valence-electron chi connectivity index (χ2n) is 5.24. The first kappa shape index (κ1) is 15.3. The third kappa shape index (κ3) is 3.33. The zero-order chi connectivity index (χ0) is 14.7. The summed E-state index contributed by atoms with van der Waals surface area (Å²) in [5, 5.41) is 9.36. The monoisotopic (exact) mass is 340 g/mol. The van der Waals surface area contributed by atoms with E-state index in [0.29, 0.717) is 11.6 Å². The summed E-state index contributed by atoms with van der Waals surface area (Å²) in [5.74, 6) is -0.876. The molecule has 110 valence electrons. The summed E-state index contributed by atoms with van der Waals surface area (Å²) in [6, 6.07) is 5.88. The molecular formula is C15H21BrN2O2. The second kappa shape index (κ2) is 6.59. The van der Waals surface area contributed by atoms with Crippen molar-refractivity contribution in [1.82, 2.24) is 4.90 Å². The van der Waals surface area contributed by atoms with Gasteiger partial charge in [-0.1, -0.05) is 22.9 Å². The van der Waals surface area contributed by atoms with E-state index < -0.39 is 5.97 Å². The Balaban J connectivity index is 2.17. The van der Waals surface area contributed by atoms with Crippen LogP contribution in [0.25, 0.3) is 0 Å². The molecule has 0 amide bonds. The van der Waals surface area contributed by atoms with Crippen LogP contribution in [-0.2, 0) is 0 Å². The van der Waals surface area contributed by atoms with Crippen molar-refractivity contribution in [3.05, 3.63) is 28.2 Å². The van der Waals surface area contributed by atoms with Gasteiger partial charge in [0.15, 0.2) is 0 Å². The molecule has 1 aliphatic rings. The number of piperidine rings is 1. The SMILES string of the molecule is CCN1CCC(N(C)c2ccc(Br)cc2C(=O)O)CC1. The van der Waals surface area contributed by atoms with Gasteiger partial charge in [0.1, 0.15) is 0 Å². The lowest BCUT2D eigenvalue weighted by molar-refractivity contribution is 0.0697. The fourth-order valence-corrected chi connectivity index (χ4v) is 3.17. The lowest BCUT2D eigenvalue weighted by atomic mass is 10.0. The molecule has 0 bridgehead atoms. The molecule has 4 nitrogen and oxygen atoms in total. The molecule has 1 heterocycles. The minimum absolute atomic E-state index is 0.361. The summed E-state index contributed by atoms with van der Waals surface area (Å²) in [6.45, 7) is 5.45. The quantitative estimate of drug-likeness (QED) is 0.914. The van der Waals surface area contributed by atoms with Gasteiger partial charge in [-0.2, -0.15) is 0 Å². The maximum Gasteiger partial charge on any atom is 0.337 e. The molecule has 0 spiro atoms. The summed E-state index contributed by atoms with van der Waals surface area (Å²) in [6.07, 6.45) is 2.17. The van der Waals surface area contributed by atoms with E-state index in [-0.39, 0.29) is 0 Å². The van der Waals surface area contributed by atoms with E-state index in [1.807, 2.05) is 19.2 Å². The number of halogens is 1. The molecule has 1 aromatic carbocycles. The van der Waals surface area contributed by atoms with Crippen LogP contribution in [0.4, 0.5) is 5.69 Å². The third-order valence-corrected chi connectivity index (χ3v) is 4.61. The smallest absolute Gasteiger partial charge is 0.337 e. The average Bonchev–Trinajstić information content (AvgIpc) is 2.46. The van der Waals surface area contributed by atoms with Gasteiger partial charge in [-0.3, -0.25) is 0 Å². The number of anilines is 1. The van der Waals surface area contributed by atoms with Gasteiger partial charge in [-0.05, 0) is 37.6 Å². The van der Waals surface area contributed by atoms with Gasteiger partial charge in [0.05, 0.1) is 11.3 Å². The van der Waals surface area contributed by atoms with Gasteiger partial charge in [0.2, 0.25) is 0 Å². The van der Waals surface area contributed by atoms with Crippen LogP contribution in [0.3, 0.4) is 0 Å². The van der Waals surface area contributed by atoms with E-state index in [1.165, 1.54) is 0 Å². The Morgan fingerprint density at radius 1 is 1.45 bits per heavy atom. The molecule has 0 radical (unpaired) electrons. The average molecular weight is 341 g/mol. The number of aromatic carboxylic acids is 1. The standard InChI is InChI=1S/C15H21BrN2O2/c1-3-18-8-6-12(7-9-18)17(2)14-5-4-11(16)10-13(14)15(19)20/h4-5,10,12H,3,6-9H2,1-2H3,(H,19,20). The van der Waals surface area contributed by atoms with Crippen molar-refractivity contribution in [3.8, 4) is 0 Å². The van der Waals surface area contributed by atoms with E-state index in [0.717, 1.165) is 42.6 Å². The molecule has 1 saturated heterocycles. The van der Waals surface area contributed by atoms with Gasteiger partial charge in [0.25, 0.3) is 0 Å². The largest absolute Gasteiger partial charge is 0.478 e. The lowest BCUT2D eigenvalue weighted by Crippen LogP contribution is -2.43. The Kier molecular flexibility index (Phi) is 5.05. The third-order valence-electron chi connectivity index (χ3n) is 4.12. The van der Waals surface area contributed by atoms with E-state index in [9.17, 15) is 9.90 Å². The normalized spacial score (nSPS) is 17.1. The number of carbonyl (C=O) groups is 1. The van der Waals surface area contributed by atoms with Crippen LogP contribution in [-0.4, -0.2) is 48.7 Å². The summed E-state index contributed by atoms with van der Waals surface area (Å²) in [4.78, 5) is 16.0. The molecule has 5 heteroatoms. The van der Waals surface area contributed by atoms with Crippen LogP contribution in [0.2, 0.25) is 0 Å². The van der Waals surface area contributed by atoms with E-state index in [4.69, 9.17) is 0 Å². The molecule has 1 aromatic rings. The van der Waals surface area contributed by atoms with E-state index >= 15 is 0 Å². The van der Waals surface area contributed by atoms with Crippen molar-refractivity contribution in [2.24, 2.45) is 0 Å². The van der Waals surface area contributed by atoms with Crippen molar-refractivity contribution >= 4 is 27.6 Å². The van der Waals surface area contributed by atoms with Crippen molar-refractivity contribution in [3.63, 3.8) is 0 Å². The van der Waals surface area contributed by atoms with Crippen molar-refractivity contribution < 1.29 is 9.90 Å². The molecule has 0 unspecified atom stereocenters. The van der Waals surface area contributed by atoms with Crippen LogP contribution in [0, 0.1) is 0 Å². The zero-order valence-corrected chi connectivity index (χ0v) is 13.6.